The third kappa shape index (κ3) is 4.60. The number of hydrogen-bond donors (Lipinski definition) is 2. The molecule has 2 N–H and O–H groups in total. The smallest absolute Gasteiger partial charge is 0.337 e. The summed E-state index contributed by atoms with van der Waals surface area (Å²) in [6, 6.07) is 11.5. The van der Waals surface area contributed by atoms with E-state index in [1.54, 1.807) is 24.3 Å². The van der Waals surface area contributed by atoms with Crippen LogP contribution in [0.4, 0.5) is 21.5 Å². The first kappa shape index (κ1) is 19.7. The predicted molar refractivity (Wildman–Crippen MR) is 108 cm³/mol. The summed E-state index contributed by atoms with van der Waals surface area (Å²) in [7, 11) is 0. The molecule has 1 aliphatic rings. The molecule has 28 heavy (non-hydrogen) atoms. The van der Waals surface area contributed by atoms with E-state index in [-0.39, 0.29) is 17.3 Å². The molecule has 1 aliphatic heterocycles. The van der Waals surface area contributed by atoms with E-state index in [2.05, 4.69) is 15.1 Å². The summed E-state index contributed by atoms with van der Waals surface area (Å²) < 4.78 is 13.1. The second-order valence-electron chi connectivity index (χ2n) is 6.78. The molecule has 6 nitrogen and oxygen atoms in total. The van der Waals surface area contributed by atoms with E-state index in [1.807, 2.05) is 13.0 Å². The number of amides is 1. The van der Waals surface area contributed by atoms with Crippen molar-refractivity contribution in [1.29, 1.82) is 0 Å². The van der Waals surface area contributed by atoms with Crippen LogP contribution in [-0.2, 0) is 4.79 Å². The van der Waals surface area contributed by atoms with E-state index in [0.29, 0.717) is 18.5 Å². The van der Waals surface area contributed by atoms with Gasteiger partial charge in [-0.15, -0.1) is 0 Å². The molecule has 0 saturated carbocycles. The number of carbonyl (C=O) groups is 2. The minimum Gasteiger partial charge on any atom is -0.478 e. The van der Waals surface area contributed by atoms with Gasteiger partial charge in [-0.2, -0.15) is 0 Å². The fourth-order valence-corrected chi connectivity index (χ4v) is 3.33. The minimum absolute atomic E-state index is 0.0860. The quantitative estimate of drug-likeness (QED) is 0.795. The number of benzene rings is 2. The van der Waals surface area contributed by atoms with E-state index in [1.165, 1.54) is 12.1 Å². The van der Waals surface area contributed by atoms with Gasteiger partial charge in [-0.3, -0.25) is 4.79 Å². The van der Waals surface area contributed by atoms with E-state index in [4.69, 9.17) is 0 Å². The molecule has 148 valence electrons. The number of carboxylic acid groups (broad SMARTS) is 1. The number of rotatable bonds is 6. The van der Waals surface area contributed by atoms with Crippen LogP contribution < -0.4 is 15.1 Å². The van der Waals surface area contributed by atoms with Crippen molar-refractivity contribution in [2.75, 3.05) is 41.3 Å². The van der Waals surface area contributed by atoms with Gasteiger partial charge in [0.2, 0.25) is 5.91 Å². The first-order valence-electron chi connectivity index (χ1n) is 9.40. The lowest BCUT2D eigenvalue weighted by molar-refractivity contribution is -0.116. The molecule has 1 fully saturated rings. The Morgan fingerprint density at radius 1 is 1.00 bits per heavy atom. The van der Waals surface area contributed by atoms with E-state index in [0.717, 1.165) is 37.6 Å². The van der Waals surface area contributed by atoms with Crippen LogP contribution in [0.15, 0.2) is 42.5 Å². The Labute approximate surface area is 163 Å². The van der Waals surface area contributed by atoms with Gasteiger partial charge in [0.1, 0.15) is 5.82 Å². The van der Waals surface area contributed by atoms with Crippen molar-refractivity contribution >= 4 is 28.9 Å². The van der Waals surface area contributed by atoms with Gasteiger partial charge in [-0.1, -0.05) is 6.92 Å². The second kappa shape index (κ2) is 8.73. The highest BCUT2D eigenvalue weighted by molar-refractivity contribution is 6.01. The first-order chi connectivity index (χ1) is 13.5. The van der Waals surface area contributed by atoms with Crippen molar-refractivity contribution in [3.8, 4) is 0 Å². The van der Waals surface area contributed by atoms with Gasteiger partial charge in [0.15, 0.2) is 0 Å². The second-order valence-corrected chi connectivity index (χ2v) is 6.78. The Balaban J connectivity index is 1.70. The molecule has 0 aromatic heterocycles. The lowest BCUT2D eigenvalue weighted by Gasteiger charge is -2.37. The summed E-state index contributed by atoms with van der Waals surface area (Å²) in [6.45, 7) is 4.84. The zero-order valence-corrected chi connectivity index (χ0v) is 15.8. The molecule has 1 amide bonds. The normalized spacial score (nSPS) is 14.1. The number of carboxylic acids is 1. The van der Waals surface area contributed by atoms with Gasteiger partial charge in [0.25, 0.3) is 0 Å². The van der Waals surface area contributed by atoms with Crippen molar-refractivity contribution in [1.82, 2.24) is 0 Å². The van der Waals surface area contributed by atoms with Gasteiger partial charge < -0.3 is 20.2 Å². The third-order valence-electron chi connectivity index (χ3n) is 4.82. The van der Waals surface area contributed by atoms with E-state index in [9.17, 15) is 19.1 Å². The van der Waals surface area contributed by atoms with Crippen molar-refractivity contribution in [3.63, 3.8) is 0 Å². The van der Waals surface area contributed by atoms with Crippen LogP contribution in [0.2, 0.25) is 0 Å². The molecule has 0 radical (unpaired) electrons. The fraction of sp³-hybridized carbons (Fsp3) is 0.333. The summed E-state index contributed by atoms with van der Waals surface area (Å²) in [5, 5.41) is 12.2. The molecule has 0 aliphatic carbocycles. The Morgan fingerprint density at radius 2 is 1.57 bits per heavy atom. The first-order valence-corrected chi connectivity index (χ1v) is 9.40. The fourth-order valence-electron chi connectivity index (χ4n) is 3.33. The minimum atomic E-state index is -1.07. The number of piperazine rings is 1. The Morgan fingerprint density at radius 3 is 2.14 bits per heavy atom. The Hall–Kier alpha value is -3.09. The molecule has 0 atom stereocenters. The summed E-state index contributed by atoms with van der Waals surface area (Å²) in [5.41, 5.74) is 2.19. The van der Waals surface area contributed by atoms with Gasteiger partial charge in [-0.25, -0.2) is 9.18 Å². The molecule has 0 bridgehead atoms. The van der Waals surface area contributed by atoms with Crippen LogP contribution in [0.3, 0.4) is 0 Å². The number of hydrogen-bond acceptors (Lipinski definition) is 4. The van der Waals surface area contributed by atoms with Crippen LogP contribution in [0.1, 0.15) is 30.1 Å². The van der Waals surface area contributed by atoms with Gasteiger partial charge >= 0.3 is 5.97 Å². The third-order valence-corrected chi connectivity index (χ3v) is 4.82. The highest BCUT2D eigenvalue weighted by Gasteiger charge is 2.20. The van der Waals surface area contributed by atoms with Crippen molar-refractivity contribution in [3.05, 3.63) is 53.8 Å². The van der Waals surface area contributed by atoms with Gasteiger partial charge in [0, 0.05) is 44.0 Å². The summed E-state index contributed by atoms with van der Waals surface area (Å²) in [5.74, 6) is -1.51. The average molecular weight is 385 g/mol. The van der Waals surface area contributed by atoms with E-state index >= 15 is 0 Å². The molecule has 2 aromatic rings. The van der Waals surface area contributed by atoms with Crippen molar-refractivity contribution in [2.45, 2.75) is 19.8 Å². The molecule has 2 aromatic carbocycles. The molecule has 0 unspecified atom stereocenters. The Kier molecular flexibility index (Phi) is 6.13. The maximum Gasteiger partial charge on any atom is 0.337 e. The molecule has 0 spiro atoms. The topological polar surface area (TPSA) is 72.9 Å². The van der Waals surface area contributed by atoms with Crippen LogP contribution in [0.25, 0.3) is 0 Å². The molecule has 1 heterocycles. The predicted octanol–water partition coefficient (Wildman–Crippen LogP) is 3.59. The molecular weight excluding hydrogens is 361 g/mol. The largest absolute Gasteiger partial charge is 0.478 e. The number of anilines is 3. The van der Waals surface area contributed by atoms with Crippen LogP contribution in [-0.4, -0.2) is 43.2 Å². The Bertz CT molecular complexity index is 846. The average Bonchev–Trinajstić information content (AvgIpc) is 2.69. The lowest BCUT2D eigenvalue weighted by Crippen LogP contribution is -2.46. The van der Waals surface area contributed by atoms with Crippen LogP contribution >= 0.6 is 0 Å². The number of nitrogens with zero attached hydrogens (tertiary/aromatic N) is 2. The monoisotopic (exact) mass is 385 g/mol. The maximum atomic E-state index is 13.1. The van der Waals surface area contributed by atoms with Gasteiger partial charge in [0.05, 0.1) is 11.3 Å². The van der Waals surface area contributed by atoms with Crippen molar-refractivity contribution in [2.24, 2.45) is 0 Å². The zero-order valence-electron chi connectivity index (χ0n) is 15.8. The molecule has 3 rings (SSSR count). The van der Waals surface area contributed by atoms with Gasteiger partial charge in [-0.05, 0) is 48.9 Å². The standard InChI is InChI=1S/C21H24FN3O3/c1-2-3-20(26)23-19-9-8-17(14-18(19)21(27)28)25-12-10-24(11-13-25)16-6-4-15(22)5-7-16/h4-9,14H,2-3,10-13H2,1H3,(H,23,26)(H,27,28). The number of nitrogens with one attached hydrogen (secondary N) is 1. The lowest BCUT2D eigenvalue weighted by atomic mass is 10.1. The van der Waals surface area contributed by atoms with Crippen molar-refractivity contribution < 1.29 is 19.1 Å². The number of aromatic carboxylic acids is 1. The van der Waals surface area contributed by atoms with E-state index < -0.39 is 5.97 Å². The maximum absolute atomic E-state index is 13.1. The summed E-state index contributed by atoms with van der Waals surface area (Å²) in [4.78, 5) is 27.8. The summed E-state index contributed by atoms with van der Waals surface area (Å²) >= 11 is 0. The SMILES string of the molecule is CCCC(=O)Nc1ccc(N2CCN(c3ccc(F)cc3)CC2)cc1C(=O)O. The zero-order chi connectivity index (χ0) is 20.1. The molecular formula is C21H24FN3O3. The summed E-state index contributed by atoms with van der Waals surface area (Å²) in [6.07, 6.45) is 1.05. The van der Waals surface area contributed by atoms with Crippen LogP contribution in [0, 0.1) is 5.82 Å². The van der Waals surface area contributed by atoms with Crippen LogP contribution in [0.5, 0.6) is 0 Å². The number of halogens is 1. The molecule has 1 saturated heterocycles. The highest BCUT2D eigenvalue weighted by atomic mass is 19.1. The number of carbonyl (C=O) groups excluding carboxylic acids is 1. The molecule has 7 heteroatoms. The highest BCUT2D eigenvalue weighted by Crippen LogP contribution is 2.26.